The number of unbranched alkanes of at least 4 members (excludes halogenated alkanes) is 19. The van der Waals surface area contributed by atoms with Crippen LogP contribution in [-0.2, 0) is 23.7 Å². The van der Waals surface area contributed by atoms with Gasteiger partial charge in [0, 0.05) is 13.0 Å². The van der Waals surface area contributed by atoms with Crippen molar-refractivity contribution in [2.75, 3.05) is 26.4 Å². The van der Waals surface area contributed by atoms with Gasteiger partial charge in [-0.3, -0.25) is 4.79 Å². The molecule has 0 aliphatic carbocycles. The van der Waals surface area contributed by atoms with Crippen LogP contribution in [-0.4, -0.2) is 89.6 Å². The monoisotopic (exact) mass is 673 g/mol. The van der Waals surface area contributed by atoms with Crippen molar-refractivity contribution in [3.63, 3.8) is 0 Å². The molecule has 0 aromatic rings. The van der Waals surface area contributed by atoms with Gasteiger partial charge in [-0.25, -0.2) is 0 Å². The van der Waals surface area contributed by atoms with E-state index in [9.17, 15) is 25.2 Å². The lowest BCUT2D eigenvalue weighted by Crippen LogP contribution is -2.59. The molecule has 1 saturated heterocycles. The minimum atomic E-state index is -1.53. The van der Waals surface area contributed by atoms with E-state index in [0.29, 0.717) is 13.0 Å². The number of carbonyl (C=O) groups is 1. The maximum atomic E-state index is 12.7. The molecule has 278 valence electrons. The van der Waals surface area contributed by atoms with Gasteiger partial charge in [0.25, 0.3) is 0 Å². The van der Waals surface area contributed by atoms with Crippen molar-refractivity contribution in [3.8, 4) is 0 Å². The zero-order valence-electron chi connectivity index (χ0n) is 30.0. The summed E-state index contributed by atoms with van der Waals surface area (Å²) >= 11 is 0. The van der Waals surface area contributed by atoms with Gasteiger partial charge in [0.05, 0.1) is 19.8 Å². The van der Waals surface area contributed by atoms with Crippen molar-refractivity contribution in [1.29, 1.82) is 0 Å². The summed E-state index contributed by atoms with van der Waals surface area (Å²) < 4.78 is 22.7. The Labute approximate surface area is 286 Å². The van der Waals surface area contributed by atoms with Crippen LogP contribution in [0.4, 0.5) is 0 Å². The average molecular weight is 673 g/mol. The summed E-state index contributed by atoms with van der Waals surface area (Å²) in [5, 5.41) is 39.9. The van der Waals surface area contributed by atoms with Crippen LogP contribution in [0.15, 0.2) is 12.2 Å². The Morgan fingerprint density at radius 3 is 1.74 bits per heavy atom. The molecule has 0 amide bonds. The Balaban J connectivity index is 2.34. The minimum Gasteiger partial charge on any atom is -0.457 e. The maximum absolute atomic E-state index is 12.7. The highest BCUT2D eigenvalue weighted by Crippen LogP contribution is 2.22. The van der Waals surface area contributed by atoms with Crippen molar-refractivity contribution in [2.45, 2.75) is 198 Å². The highest BCUT2D eigenvalue weighted by Gasteiger charge is 2.44. The second kappa shape index (κ2) is 30.9. The Bertz CT molecular complexity index is 732. The third kappa shape index (κ3) is 23.1. The summed E-state index contributed by atoms with van der Waals surface area (Å²) in [7, 11) is 0. The van der Waals surface area contributed by atoms with Crippen LogP contribution in [0, 0.1) is 0 Å². The fraction of sp³-hybridized carbons (Fsp3) is 0.921. The van der Waals surface area contributed by atoms with E-state index >= 15 is 0 Å². The summed E-state index contributed by atoms with van der Waals surface area (Å²) in [6, 6.07) is 0. The molecule has 0 spiro atoms. The fourth-order valence-corrected chi connectivity index (χ4v) is 5.84. The molecule has 0 bridgehead atoms. The van der Waals surface area contributed by atoms with Gasteiger partial charge < -0.3 is 39.4 Å². The minimum absolute atomic E-state index is 0.112. The molecule has 47 heavy (non-hydrogen) atoms. The Kier molecular flexibility index (Phi) is 28.9. The normalized spacial score (nSPS) is 22.2. The van der Waals surface area contributed by atoms with Crippen molar-refractivity contribution >= 4 is 5.97 Å². The molecule has 6 unspecified atom stereocenters. The molecule has 0 aromatic heterocycles. The van der Waals surface area contributed by atoms with Crippen LogP contribution in [0.5, 0.6) is 0 Å². The van der Waals surface area contributed by atoms with Crippen LogP contribution in [0.3, 0.4) is 0 Å². The van der Waals surface area contributed by atoms with Crippen LogP contribution in [0.2, 0.25) is 0 Å². The SMILES string of the molecule is CCCCCC/C=C\CCCCCCCC(=O)OC(COCCCCCCCCCCCCC)COC1OC(CO)C(O)C(O)C1O. The number of aliphatic hydroxyl groups excluding tert-OH is 4. The summed E-state index contributed by atoms with van der Waals surface area (Å²) in [5.74, 6) is -0.322. The number of allylic oxidation sites excluding steroid dienone is 2. The van der Waals surface area contributed by atoms with Gasteiger partial charge in [-0.05, 0) is 38.5 Å². The molecule has 4 N–H and O–H groups in total. The molecule has 6 atom stereocenters. The van der Waals surface area contributed by atoms with Gasteiger partial charge in [0.1, 0.15) is 30.5 Å². The van der Waals surface area contributed by atoms with Gasteiger partial charge in [-0.15, -0.1) is 0 Å². The molecule has 0 radical (unpaired) electrons. The first-order chi connectivity index (χ1) is 22.9. The smallest absolute Gasteiger partial charge is 0.306 e. The molecular formula is C38H72O9. The van der Waals surface area contributed by atoms with E-state index in [1.54, 1.807) is 0 Å². The van der Waals surface area contributed by atoms with Crippen molar-refractivity contribution in [3.05, 3.63) is 12.2 Å². The van der Waals surface area contributed by atoms with Crippen molar-refractivity contribution in [1.82, 2.24) is 0 Å². The molecule has 1 fully saturated rings. The second-order valence-corrected chi connectivity index (χ2v) is 13.4. The number of esters is 1. The topological polar surface area (TPSA) is 135 Å². The Morgan fingerprint density at radius 2 is 1.17 bits per heavy atom. The van der Waals surface area contributed by atoms with Gasteiger partial charge in [-0.1, -0.05) is 129 Å². The van der Waals surface area contributed by atoms with Crippen LogP contribution in [0.25, 0.3) is 0 Å². The van der Waals surface area contributed by atoms with E-state index in [4.69, 9.17) is 18.9 Å². The van der Waals surface area contributed by atoms with E-state index < -0.39 is 43.4 Å². The standard InChI is InChI=1S/C38H72O9/c1-3-5-7-9-11-13-15-16-17-19-21-23-25-27-34(40)46-32(31-45-38-37(43)36(42)35(41)33(29-39)47-38)30-44-28-26-24-22-20-18-14-12-10-8-6-4-2/h13,15,32-33,35-39,41-43H,3-12,14,16-31H2,1-2H3/b15-13-. The molecule has 1 aliphatic heterocycles. The van der Waals surface area contributed by atoms with Crippen molar-refractivity contribution < 1.29 is 44.2 Å². The summed E-state index contributed by atoms with van der Waals surface area (Å²) in [5.41, 5.74) is 0. The molecule has 1 aliphatic rings. The molecule has 1 heterocycles. The van der Waals surface area contributed by atoms with Gasteiger partial charge >= 0.3 is 5.97 Å². The molecule has 9 heteroatoms. The molecule has 0 saturated carbocycles. The van der Waals surface area contributed by atoms with E-state index in [1.807, 2.05) is 0 Å². The number of carbonyl (C=O) groups excluding carboxylic acids is 1. The second-order valence-electron chi connectivity index (χ2n) is 13.4. The highest BCUT2D eigenvalue weighted by atomic mass is 16.7. The zero-order valence-corrected chi connectivity index (χ0v) is 30.0. The Morgan fingerprint density at radius 1 is 0.660 bits per heavy atom. The molecule has 0 aromatic carbocycles. The molecule has 1 rings (SSSR count). The van der Waals surface area contributed by atoms with Crippen LogP contribution >= 0.6 is 0 Å². The summed E-state index contributed by atoms with van der Waals surface area (Å²) in [6.07, 6.45) is 23.7. The van der Waals surface area contributed by atoms with E-state index in [1.165, 1.54) is 96.3 Å². The zero-order chi connectivity index (χ0) is 34.4. The first-order valence-electron chi connectivity index (χ1n) is 19.3. The first kappa shape index (κ1) is 44.0. The van der Waals surface area contributed by atoms with Gasteiger partial charge in [-0.2, -0.15) is 0 Å². The number of rotatable bonds is 32. The molecule has 9 nitrogen and oxygen atoms in total. The van der Waals surface area contributed by atoms with Crippen LogP contribution < -0.4 is 0 Å². The molecular weight excluding hydrogens is 600 g/mol. The number of ether oxygens (including phenoxy) is 4. The number of aliphatic hydroxyl groups is 4. The average Bonchev–Trinajstić information content (AvgIpc) is 3.07. The lowest BCUT2D eigenvalue weighted by Gasteiger charge is -2.39. The number of hydrogen-bond donors (Lipinski definition) is 4. The van der Waals surface area contributed by atoms with Crippen molar-refractivity contribution in [2.24, 2.45) is 0 Å². The summed E-state index contributed by atoms with van der Waals surface area (Å²) in [4.78, 5) is 12.7. The predicted molar refractivity (Wildman–Crippen MR) is 187 cm³/mol. The van der Waals surface area contributed by atoms with Gasteiger partial charge in [0.15, 0.2) is 6.29 Å². The third-order valence-corrected chi connectivity index (χ3v) is 8.93. The Hall–Kier alpha value is -1.07. The predicted octanol–water partition coefficient (Wildman–Crippen LogP) is 7.30. The quantitative estimate of drug-likeness (QED) is 0.0330. The van der Waals surface area contributed by atoms with E-state index in [0.717, 1.165) is 44.9 Å². The number of hydrogen-bond acceptors (Lipinski definition) is 9. The fourth-order valence-electron chi connectivity index (χ4n) is 5.84. The van der Waals surface area contributed by atoms with Crippen LogP contribution in [0.1, 0.15) is 162 Å². The maximum Gasteiger partial charge on any atom is 0.306 e. The first-order valence-corrected chi connectivity index (χ1v) is 19.3. The highest BCUT2D eigenvalue weighted by molar-refractivity contribution is 5.69. The largest absolute Gasteiger partial charge is 0.457 e. The van der Waals surface area contributed by atoms with E-state index in [2.05, 4.69) is 26.0 Å². The van der Waals surface area contributed by atoms with E-state index in [-0.39, 0.29) is 19.2 Å². The summed E-state index contributed by atoms with van der Waals surface area (Å²) in [6.45, 7) is 4.53. The van der Waals surface area contributed by atoms with Gasteiger partial charge in [0.2, 0.25) is 0 Å². The third-order valence-electron chi connectivity index (χ3n) is 8.93. The lowest BCUT2D eigenvalue weighted by molar-refractivity contribution is -0.305. The lowest BCUT2D eigenvalue weighted by atomic mass is 9.99.